The molecule has 1 unspecified atom stereocenters. The van der Waals surface area contributed by atoms with E-state index in [1.807, 2.05) is 0 Å². The van der Waals surface area contributed by atoms with Gasteiger partial charge in [0.1, 0.15) is 11.9 Å². The van der Waals surface area contributed by atoms with Gasteiger partial charge in [-0.05, 0) is 0 Å². The number of benzene rings is 1. The van der Waals surface area contributed by atoms with Crippen LogP contribution < -0.4 is 24.8 Å². The summed E-state index contributed by atoms with van der Waals surface area (Å²) in [6.07, 6.45) is -0.517. The van der Waals surface area contributed by atoms with Crippen LogP contribution in [0.1, 0.15) is 0 Å². The molecule has 0 aromatic heterocycles. The molecule has 1 aliphatic heterocycles. The van der Waals surface area contributed by atoms with E-state index in [0.29, 0.717) is 36.1 Å². The van der Waals surface area contributed by atoms with Crippen molar-refractivity contribution in [3.63, 3.8) is 0 Å². The average Bonchev–Trinajstić information content (AvgIpc) is 2.55. The minimum absolute atomic E-state index is 0. The molecule has 1 aliphatic rings. The Balaban J connectivity index is 0.00000242. The SMILES string of the molecule is COc1cc(OC)c(OC)cc1NC(=O)C1CNCCO1.Cl. The van der Waals surface area contributed by atoms with E-state index >= 15 is 0 Å². The Bertz CT molecular complexity index is 506. The van der Waals surface area contributed by atoms with Gasteiger partial charge in [0.2, 0.25) is 0 Å². The smallest absolute Gasteiger partial charge is 0.254 e. The molecule has 1 amide bonds. The third kappa shape index (κ3) is 4.16. The first-order valence-electron chi connectivity index (χ1n) is 6.62. The van der Waals surface area contributed by atoms with Crippen molar-refractivity contribution in [3.05, 3.63) is 12.1 Å². The number of anilines is 1. The Morgan fingerprint density at radius 3 is 2.36 bits per heavy atom. The first-order chi connectivity index (χ1) is 10.2. The van der Waals surface area contributed by atoms with Crippen LogP contribution in [0.2, 0.25) is 0 Å². The van der Waals surface area contributed by atoms with E-state index in [1.165, 1.54) is 21.3 Å². The molecule has 1 saturated heterocycles. The first-order valence-corrected chi connectivity index (χ1v) is 6.62. The number of halogens is 1. The molecular weight excluding hydrogens is 312 g/mol. The van der Waals surface area contributed by atoms with Gasteiger partial charge >= 0.3 is 0 Å². The zero-order valence-corrected chi connectivity index (χ0v) is 13.6. The molecule has 1 aromatic carbocycles. The summed E-state index contributed by atoms with van der Waals surface area (Å²) < 4.78 is 21.1. The largest absolute Gasteiger partial charge is 0.494 e. The van der Waals surface area contributed by atoms with Crippen molar-refractivity contribution in [2.24, 2.45) is 0 Å². The lowest BCUT2D eigenvalue weighted by Crippen LogP contribution is -2.45. The van der Waals surface area contributed by atoms with Gasteiger partial charge in [-0.3, -0.25) is 4.79 Å². The summed E-state index contributed by atoms with van der Waals surface area (Å²) in [6.45, 7) is 1.76. The van der Waals surface area contributed by atoms with Crippen LogP contribution in [0.3, 0.4) is 0 Å². The van der Waals surface area contributed by atoms with E-state index in [4.69, 9.17) is 18.9 Å². The monoisotopic (exact) mass is 332 g/mol. The Morgan fingerprint density at radius 1 is 1.18 bits per heavy atom. The molecule has 0 radical (unpaired) electrons. The molecule has 1 atom stereocenters. The summed E-state index contributed by atoms with van der Waals surface area (Å²) in [5.41, 5.74) is 0.509. The van der Waals surface area contributed by atoms with E-state index in [9.17, 15) is 4.79 Å². The van der Waals surface area contributed by atoms with Crippen molar-refractivity contribution >= 4 is 24.0 Å². The second-order valence-electron chi connectivity index (χ2n) is 4.46. The van der Waals surface area contributed by atoms with E-state index in [0.717, 1.165) is 6.54 Å². The van der Waals surface area contributed by atoms with Crippen LogP contribution in [0.5, 0.6) is 17.2 Å². The minimum Gasteiger partial charge on any atom is -0.494 e. The molecule has 124 valence electrons. The average molecular weight is 333 g/mol. The third-order valence-corrected chi connectivity index (χ3v) is 3.18. The van der Waals surface area contributed by atoms with Crippen molar-refractivity contribution in [2.45, 2.75) is 6.10 Å². The van der Waals surface area contributed by atoms with Gasteiger partial charge in [-0.15, -0.1) is 12.4 Å². The summed E-state index contributed by atoms with van der Waals surface area (Å²) in [5.74, 6) is 1.30. The molecule has 7 nitrogen and oxygen atoms in total. The van der Waals surface area contributed by atoms with Gasteiger partial charge in [-0.25, -0.2) is 0 Å². The van der Waals surface area contributed by atoms with Crippen molar-refractivity contribution in [2.75, 3.05) is 46.3 Å². The maximum absolute atomic E-state index is 12.2. The fraction of sp³-hybridized carbons (Fsp3) is 0.500. The Hall–Kier alpha value is -1.70. The number of carbonyl (C=O) groups is 1. The minimum atomic E-state index is -0.517. The van der Waals surface area contributed by atoms with Gasteiger partial charge in [0, 0.05) is 25.2 Å². The Morgan fingerprint density at radius 2 is 1.82 bits per heavy atom. The van der Waals surface area contributed by atoms with Crippen molar-refractivity contribution in [1.29, 1.82) is 0 Å². The summed E-state index contributed by atoms with van der Waals surface area (Å²) >= 11 is 0. The number of methoxy groups -OCH3 is 3. The zero-order chi connectivity index (χ0) is 15.2. The van der Waals surface area contributed by atoms with Gasteiger partial charge in [0.25, 0.3) is 5.91 Å². The summed E-state index contributed by atoms with van der Waals surface area (Å²) in [6, 6.07) is 3.32. The summed E-state index contributed by atoms with van der Waals surface area (Å²) in [5, 5.41) is 5.90. The summed E-state index contributed by atoms with van der Waals surface area (Å²) in [4.78, 5) is 12.2. The third-order valence-electron chi connectivity index (χ3n) is 3.18. The normalized spacial score (nSPS) is 17.1. The standard InChI is InChI=1S/C14H20N2O5.ClH/c1-18-10-7-12(20-3)11(19-2)6-9(10)16-14(17)13-8-15-4-5-21-13;/h6-7,13,15H,4-5,8H2,1-3H3,(H,16,17);1H. The fourth-order valence-electron chi connectivity index (χ4n) is 2.07. The molecule has 1 heterocycles. The highest BCUT2D eigenvalue weighted by atomic mass is 35.5. The van der Waals surface area contributed by atoms with E-state index in [2.05, 4.69) is 10.6 Å². The Labute approximate surface area is 135 Å². The number of ether oxygens (including phenoxy) is 4. The lowest BCUT2D eigenvalue weighted by Gasteiger charge is -2.23. The van der Waals surface area contributed by atoms with Crippen LogP contribution in [-0.4, -0.2) is 53.0 Å². The van der Waals surface area contributed by atoms with Crippen LogP contribution in [-0.2, 0) is 9.53 Å². The number of carbonyl (C=O) groups excluding carboxylic acids is 1. The number of hydrogen-bond donors (Lipinski definition) is 2. The van der Waals surface area contributed by atoms with E-state index < -0.39 is 6.10 Å². The molecule has 0 aliphatic carbocycles. The summed E-state index contributed by atoms with van der Waals surface area (Å²) in [7, 11) is 4.59. The number of morpholine rings is 1. The molecule has 0 spiro atoms. The molecular formula is C14H21ClN2O5. The predicted molar refractivity (Wildman–Crippen MR) is 84.6 cm³/mol. The van der Waals surface area contributed by atoms with Crippen molar-refractivity contribution in [1.82, 2.24) is 5.32 Å². The molecule has 0 saturated carbocycles. The molecule has 2 N–H and O–H groups in total. The molecule has 1 aromatic rings. The predicted octanol–water partition coefficient (Wildman–Crippen LogP) is 1.06. The number of hydrogen-bond acceptors (Lipinski definition) is 6. The molecule has 0 bridgehead atoms. The highest BCUT2D eigenvalue weighted by molar-refractivity contribution is 5.96. The quantitative estimate of drug-likeness (QED) is 0.839. The maximum atomic E-state index is 12.2. The number of amides is 1. The van der Waals surface area contributed by atoms with Gasteiger partial charge in [0.05, 0.1) is 33.6 Å². The second kappa shape index (κ2) is 8.67. The van der Waals surface area contributed by atoms with Gasteiger partial charge < -0.3 is 29.6 Å². The molecule has 2 rings (SSSR count). The van der Waals surface area contributed by atoms with Crippen LogP contribution in [0.25, 0.3) is 0 Å². The fourth-order valence-corrected chi connectivity index (χ4v) is 2.07. The maximum Gasteiger partial charge on any atom is 0.254 e. The molecule has 8 heteroatoms. The lowest BCUT2D eigenvalue weighted by molar-refractivity contribution is -0.128. The van der Waals surface area contributed by atoms with Crippen molar-refractivity contribution < 1.29 is 23.7 Å². The van der Waals surface area contributed by atoms with Crippen LogP contribution >= 0.6 is 12.4 Å². The van der Waals surface area contributed by atoms with Crippen LogP contribution in [0.15, 0.2) is 12.1 Å². The topological polar surface area (TPSA) is 78.0 Å². The van der Waals surface area contributed by atoms with Gasteiger partial charge in [-0.1, -0.05) is 0 Å². The first kappa shape index (κ1) is 18.3. The Kier molecular flexibility index (Phi) is 7.23. The zero-order valence-electron chi connectivity index (χ0n) is 12.8. The molecule has 1 fully saturated rings. The highest BCUT2D eigenvalue weighted by Gasteiger charge is 2.23. The second-order valence-corrected chi connectivity index (χ2v) is 4.46. The molecule has 22 heavy (non-hydrogen) atoms. The highest BCUT2D eigenvalue weighted by Crippen LogP contribution is 2.37. The van der Waals surface area contributed by atoms with E-state index in [-0.39, 0.29) is 18.3 Å². The van der Waals surface area contributed by atoms with E-state index in [1.54, 1.807) is 12.1 Å². The van der Waals surface area contributed by atoms with Crippen LogP contribution in [0, 0.1) is 0 Å². The lowest BCUT2D eigenvalue weighted by atomic mass is 10.2. The van der Waals surface area contributed by atoms with Crippen molar-refractivity contribution in [3.8, 4) is 17.2 Å². The number of rotatable bonds is 5. The van der Waals surface area contributed by atoms with Gasteiger partial charge in [-0.2, -0.15) is 0 Å². The van der Waals surface area contributed by atoms with Crippen LogP contribution in [0.4, 0.5) is 5.69 Å². The number of nitrogens with one attached hydrogen (secondary N) is 2. The van der Waals surface area contributed by atoms with Gasteiger partial charge in [0.15, 0.2) is 11.5 Å².